The summed E-state index contributed by atoms with van der Waals surface area (Å²) in [4.78, 5) is 107. The molecule has 24 nitrogen and oxygen atoms in total. The molecule has 2 heterocycles. The Morgan fingerprint density at radius 1 is 0.374 bits per heavy atom. The molecule has 2 fully saturated rings. The topological polar surface area (TPSA) is 342 Å². The molecule has 8 N–H and O–H groups in total. The number of ether oxygens (including phenoxy) is 7. The molecule has 2 aliphatic rings. The van der Waals surface area contributed by atoms with Gasteiger partial charge in [-0.3, -0.25) is 33.3 Å². The average Bonchev–Trinajstić information content (AvgIpc) is 0.779. The Balaban J connectivity index is 0.00000899. The molecule has 0 aromatic carbocycles. The van der Waals surface area contributed by atoms with Crippen LogP contribution in [0.2, 0.25) is 0 Å². The van der Waals surface area contributed by atoms with E-state index in [1.807, 2.05) is 0 Å². The summed E-state index contributed by atoms with van der Waals surface area (Å²) in [7, 11) is -5.57. The van der Waals surface area contributed by atoms with Gasteiger partial charge in [-0.15, -0.1) is 0 Å². The normalized spacial score (nSPS) is 20.4. The summed E-state index contributed by atoms with van der Waals surface area (Å²) in [5.74, 6) is -3.89. The first kappa shape index (κ1) is 110. The van der Waals surface area contributed by atoms with Crippen LogP contribution in [0.25, 0.3) is 0 Å². The molecular formula is C90H172N3O21P. The molecular weight excluding hydrogens is 1490 g/mol. The van der Waals surface area contributed by atoms with E-state index in [-0.39, 0.29) is 32.1 Å². The van der Waals surface area contributed by atoms with Crippen molar-refractivity contribution in [3.05, 3.63) is 0 Å². The Morgan fingerprint density at radius 2 is 0.678 bits per heavy atom. The molecule has 0 aromatic rings. The predicted molar refractivity (Wildman–Crippen MR) is 456 cm³/mol. The van der Waals surface area contributed by atoms with E-state index in [2.05, 4.69) is 77.8 Å². The Bertz CT molecular complexity index is 2400. The van der Waals surface area contributed by atoms with Crippen molar-refractivity contribution >= 4 is 43.5 Å². The molecule has 25 heteroatoms. The van der Waals surface area contributed by atoms with Gasteiger partial charge in [-0.2, -0.15) is 0 Å². The van der Waals surface area contributed by atoms with Crippen molar-refractivity contribution in [2.75, 3.05) is 32.8 Å². The van der Waals surface area contributed by atoms with Gasteiger partial charge in [0.1, 0.15) is 60.9 Å². The molecule has 0 saturated carbocycles. The number of esters is 4. The predicted octanol–water partition coefficient (Wildman–Crippen LogP) is 19.0. The van der Waals surface area contributed by atoms with Crippen molar-refractivity contribution in [1.82, 2.24) is 15.5 Å². The van der Waals surface area contributed by atoms with Crippen LogP contribution < -0.4 is 10.6 Å². The van der Waals surface area contributed by atoms with Gasteiger partial charge in [-0.25, -0.2) is 4.57 Å². The van der Waals surface area contributed by atoms with Crippen molar-refractivity contribution in [2.45, 2.75) is 508 Å². The molecule has 2 amide bonds. The van der Waals surface area contributed by atoms with Crippen LogP contribution >= 0.6 is 7.82 Å². The summed E-state index contributed by atoms with van der Waals surface area (Å²) in [6.45, 7) is 21.3. The van der Waals surface area contributed by atoms with Gasteiger partial charge in [-0.1, -0.05) is 332 Å². The maximum Gasteiger partial charge on any atom is 0.470 e. The molecule has 13 atom stereocenters. The number of unbranched alkanes of at least 4 members (excludes halogenated alkanes) is 42. The number of phosphoric ester groups is 1. The summed E-state index contributed by atoms with van der Waals surface area (Å²) in [6.07, 6.45) is 31.1. The van der Waals surface area contributed by atoms with Crippen molar-refractivity contribution < 1.29 is 101 Å². The van der Waals surface area contributed by atoms with Crippen molar-refractivity contribution in [3.63, 3.8) is 0 Å². The number of hydrogen-bond acceptors (Lipinski definition) is 20. The van der Waals surface area contributed by atoms with Crippen LogP contribution in [-0.4, -0.2) is 183 Å². The zero-order chi connectivity index (χ0) is 85.0. The van der Waals surface area contributed by atoms with Crippen LogP contribution in [0.15, 0.2) is 0 Å². The van der Waals surface area contributed by atoms with Crippen LogP contribution in [0.5, 0.6) is 0 Å². The Kier molecular flexibility index (Phi) is 69.9. The van der Waals surface area contributed by atoms with Gasteiger partial charge in [0.2, 0.25) is 11.8 Å². The van der Waals surface area contributed by atoms with Gasteiger partial charge in [0.25, 0.3) is 0 Å². The van der Waals surface area contributed by atoms with Crippen molar-refractivity contribution in [1.29, 1.82) is 0 Å². The summed E-state index contributed by atoms with van der Waals surface area (Å²) >= 11 is 0. The Labute approximate surface area is 697 Å². The van der Waals surface area contributed by atoms with E-state index in [1.165, 1.54) is 77.4 Å². The van der Waals surface area contributed by atoms with E-state index in [0.29, 0.717) is 51.4 Å². The second-order valence-electron chi connectivity index (χ2n) is 32.8. The first-order chi connectivity index (χ1) is 55.6. The van der Waals surface area contributed by atoms with E-state index < -0.39 is 149 Å². The number of carbonyl (C=O) groups excluding carboxylic acids is 6. The lowest BCUT2D eigenvalue weighted by atomic mass is 9.95. The van der Waals surface area contributed by atoms with E-state index in [4.69, 9.17) is 37.7 Å². The fraction of sp³-hybridized carbons (Fsp3) is 0.933. The third-order valence-electron chi connectivity index (χ3n) is 22.5. The third kappa shape index (κ3) is 57.5. The highest BCUT2D eigenvalue weighted by molar-refractivity contribution is 7.46. The number of hydrogen-bond donors (Lipinski definition) is 8. The second-order valence-corrected chi connectivity index (χ2v) is 34.0. The van der Waals surface area contributed by atoms with E-state index in [1.54, 1.807) is 0 Å². The minimum Gasteiger partial charge on any atom is -0.462 e. The van der Waals surface area contributed by atoms with Gasteiger partial charge in [-0.05, 0) is 77.4 Å². The molecule has 115 heavy (non-hydrogen) atoms. The summed E-state index contributed by atoms with van der Waals surface area (Å²) in [5, 5.41) is 51.4. The molecule has 678 valence electrons. The fourth-order valence-corrected chi connectivity index (χ4v) is 15.8. The highest BCUT2D eigenvalue weighted by Gasteiger charge is 2.53. The first-order valence-electron chi connectivity index (χ1n) is 47.0. The van der Waals surface area contributed by atoms with Crippen LogP contribution in [-0.2, 0) is 71.0 Å². The van der Waals surface area contributed by atoms with Gasteiger partial charge >= 0.3 is 31.7 Å². The number of nitrogens with zero attached hydrogens (tertiary/aromatic N) is 1. The molecule has 0 aromatic heterocycles. The average molecular weight is 1660 g/mol. The van der Waals surface area contributed by atoms with Crippen molar-refractivity contribution in [2.24, 2.45) is 0 Å². The Hall–Kier alpha value is -3.39. The third-order valence-corrected chi connectivity index (χ3v) is 23.0. The highest BCUT2D eigenvalue weighted by atomic mass is 31.2. The smallest absolute Gasteiger partial charge is 0.462 e. The molecule has 10 unspecified atom stereocenters. The molecule has 0 aliphatic carbocycles. The zero-order valence-electron chi connectivity index (χ0n) is 74.0. The van der Waals surface area contributed by atoms with E-state index in [9.17, 15) is 63.5 Å². The maximum atomic E-state index is 14.9. The summed E-state index contributed by atoms with van der Waals surface area (Å²) < 4.78 is 60.9. The lowest BCUT2D eigenvalue weighted by Gasteiger charge is -2.46. The van der Waals surface area contributed by atoms with Crippen LogP contribution in [0.3, 0.4) is 0 Å². The maximum absolute atomic E-state index is 14.9. The standard InChI is InChI=1S/C84H157N2O21P.C6H15N/c1-7-13-19-25-31-34-40-43-49-55-66(101-73(90)58-52-46-37-28-22-16-10-4)61-71(88)85-77-80(95)79(94)70(104-83(77)96)65-100-84-78(86-72(89)62-67(56-50-44-41-35-32-26-20-14-8-2)102-74(91)59-53-47-38-29-23-17-11-5)82(81(69(64-87)105-84)107-108(97,98)99)106-76(93)63-68(57-51-45-42-36-33-27-21-15-9-3)103-75(92)60-54-48-39-30-24-18-12-6;1-4-7(5-2)6-3/h66-70,77-84,87,94-96H,7-65H2,1-6H3,(H,85,88)(H,86,89)(H2,97,98,99);4-6H2,1-3H3/t66-,67-,68-,69?,70?,77?,78?,79?,80?,81?,82?,83?,84?;/m1./s1. The monoisotopic (exact) mass is 1660 g/mol. The largest absolute Gasteiger partial charge is 0.470 e. The van der Waals surface area contributed by atoms with Gasteiger partial charge in [0.05, 0.1) is 32.5 Å². The van der Waals surface area contributed by atoms with Gasteiger partial charge in [0.15, 0.2) is 18.7 Å². The molecule has 2 aliphatic heterocycles. The number of rotatable bonds is 75. The van der Waals surface area contributed by atoms with E-state index in [0.717, 1.165) is 212 Å². The second kappa shape index (κ2) is 73.3. The number of phosphoric acid groups is 1. The highest BCUT2D eigenvalue weighted by Crippen LogP contribution is 2.43. The molecule has 0 bridgehead atoms. The number of carbonyl (C=O) groups is 6. The minimum absolute atomic E-state index is 0.121. The number of amides is 2. The fourth-order valence-electron chi connectivity index (χ4n) is 15.2. The quantitative estimate of drug-likeness (QED) is 0.0121. The van der Waals surface area contributed by atoms with Crippen LogP contribution in [0.4, 0.5) is 0 Å². The number of aliphatic hydroxyl groups excluding tert-OH is 4. The Morgan fingerprint density at radius 3 is 0.983 bits per heavy atom. The summed E-state index contributed by atoms with van der Waals surface area (Å²) in [6, 6.07) is -3.37. The van der Waals surface area contributed by atoms with Crippen LogP contribution in [0, 0.1) is 0 Å². The molecule has 2 saturated heterocycles. The van der Waals surface area contributed by atoms with E-state index >= 15 is 0 Å². The molecule has 0 radical (unpaired) electrons. The minimum atomic E-state index is -5.57. The van der Waals surface area contributed by atoms with Gasteiger partial charge < -0.3 is 78.9 Å². The summed E-state index contributed by atoms with van der Waals surface area (Å²) in [5.41, 5.74) is 0. The molecule has 0 spiro atoms. The lowest BCUT2D eigenvalue weighted by molar-refractivity contribution is -0.297. The zero-order valence-corrected chi connectivity index (χ0v) is 74.9. The van der Waals surface area contributed by atoms with Crippen molar-refractivity contribution in [3.8, 4) is 0 Å². The van der Waals surface area contributed by atoms with Gasteiger partial charge in [0, 0.05) is 19.3 Å². The lowest BCUT2D eigenvalue weighted by Crippen LogP contribution is -2.67. The van der Waals surface area contributed by atoms with Crippen LogP contribution in [0.1, 0.15) is 428 Å². The SMILES string of the molecule is CCCCCCCCCCC[C@H](CC(=O)NC1C(O)OC(COC2OC(CO)C(OP(=O)(O)O)C(OC(=O)C[C@@H](CCCCCCCCCCC)OC(=O)CCCCCCCCC)C2NC(=O)C[C@@H](CCCCCCCCCCC)OC(=O)CCCCCCCCC)C(O)C1O)OC(=O)CCCCCCCCC.CCN(CC)CC. The first-order valence-corrected chi connectivity index (χ1v) is 48.5. The molecule has 2 rings (SSSR count). The number of aliphatic hydroxyl groups is 4. The number of nitrogens with one attached hydrogen (secondary N) is 2.